The molecule has 0 aromatic heterocycles. The summed E-state index contributed by atoms with van der Waals surface area (Å²) in [5.41, 5.74) is 0. The van der Waals surface area contributed by atoms with Gasteiger partial charge in [0.25, 0.3) is 0 Å². The Morgan fingerprint density at radius 2 is 2.25 bits per heavy atom. The molecule has 1 aliphatic heterocycles. The number of amides is 1. The molecule has 5 nitrogen and oxygen atoms in total. The summed E-state index contributed by atoms with van der Waals surface area (Å²) in [5.74, 6) is 0. The van der Waals surface area contributed by atoms with Crippen molar-refractivity contribution in [2.75, 3.05) is 19.3 Å². The van der Waals surface area contributed by atoms with Crippen LogP contribution in [0.1, 0.15) is 6.42 Å². The van der Waals surface area contributed by atoms with Gasteiger partial charge in [0.1, 0.15) is 0 Å². The Bertz CT molecular complexity index is 262. The van der Waals surface area contributed by atoms with Crippen molar-refractivity contribution in [3.63, 3.8) is 0 Å². The van der Waals surface area contributed by atoms with Crippen LogP contribution in [0, 0.1) is 0 Å². The van der Waals surface area contributed by atoms with Crippen LogP contribution in [-0.4, -0.2) is 44.5 Å². The lowest BCUT2D eigenvalue weighted by Crippen LogP contribution is -2.33. The number of hydrogen-bond donors (Lipinski definition) is 1. The van der Waals surface area contributed by atoms with E-state index in [-0.39, 0.29) is 6.04 Å². The quantitative estimate of drug-likeness (QED) is 0.569. The van der Waals surface area contributed by atoms with Crippen molar-refractivity contribution in [2.24, 2.45) is 0 Å². The van der Waals surface area contributed by atoms with Gasteiger partial charge in [-0.15, -0.1) is 0 Å². The Balaban J connectivity index is 2.51. The predicted octanol–water partition coefficient (Wildman–Crippen LogP) is -1.23. The minimum Gasteiger partial charge on any atom is -0.355 e. The maximum Gasteiger partial charge on any atom is 0.211 e. The Morgan fingerprint density at radius 3 is 2.67 bits per heavy atom. The van der Waals surface area contributed by atoms with Crippen molar-refractivity contribution >= 4 is 16.4 Å². The highest BCUT2D eigenvalue weighted by molar-refractivity contribution is 7.88. The van der Waals surface area contributed by atoms with E-state index in [2.05, 4.69) is 5.32 Å². The SMILES string of the molecule is CS(=O)(=O)N1CCC(NC=O)C1. The third kappa shape index (κ3) is 2.18. The predicted molar refractivity (Wildman–Crippen MR) is 44.0 cm³/mol. The Morgan fingerprint density at radius 1 is 1.58 bits per heavy atom. The number of carbonyl (C=O) groups is 1. The number of hydrogen-bond acceptors (Lipinski definition) is 3. The second-order valence-corrected chi connectivity index (χ2v) is 4.87. The topological polar surface area (TPSA) is 66.5 Å². The third-order valence-electron chi connectivity index (χ3n) is 1.92. The van der Waals surface area contributed by atoms with E-state index < -0.39 is 10.0 Å². The molecule has 0 aliphatic carbocycles. The number of nitrogens with zero attached hydrogens (tertiary/aromatic N) is 1. The van der Waals surface area contributed by atoms with Gasteiger partial charge in [0.2, 0.25) is 16.4 Å². The van der Waals surface area contributed by atoms with Crippen LogP contribution in [0.15, 0.2) is 0 Å². The molecule has 1 amide bonds. The second kappa shape index (κ2) is 3.40. The van der Waals surface area contributed by atoms with E-state index in [4.69, 9.17) is 0 Å². The summed E-state index contributed by atoms with van der Waals surface area (Å²) in [7, 11) is -3.08. The van der Waals surface area contributed by atoms with Gasteiger partial charge in [-0.1, -0.05) is 0 Å². The summed E-state index contributed by atoms with van der Waals surface area (Å²) in [6, 6.07) is -0.0165. The van der Waals surface area contributed by atoms with Crippen molar-refractivity contribution in [2.45, 2.75) is 12.5 Å². The van der Waals surface area contributed by atoms with E-state index in [1.807, 2.05) is 0 Å². The molecule has 0 bridgehead atoms. The molecule has 0 radical (unpaired) electrons. The second-order valence-electron chi connectivity index (χ2n) is 2.89. The van der Waals surface area contributed by atoms with Crippen LogP contribution in [0.4, 0.5) is 0 Å². The van der Waals surface area contributed by atoms with Crippen LogP contribution in [0.2, 0.25) is 0 Å². The first-order chi connectivity index (χ1) is 5.54. The average molecular weight is 192 g/mol. The normalized spacial score (nSPS) is 25.6. The standard InChI is InChI=1S/C6H12N2O3S/c1-12(10,11)8-3-2-6(4-8)7-5-9/h5-6H,2-4H2,1H3,(H,7,9). The van der Waals surface area contributed by atoms with Crippen molar-refractivity contribution < 1.29 is 13.2 Å². The highest BCUT2D eigenvalue weighted by Crippen LogP contribution is 2.11. The van der Waals surface area contributed by atoms with Crippen molar-refractivity contribution in [1.29, 1.82) is 0 Å². The molecule has 6 heteroatoms. The molecule has 1 unspecified atom stereocenters. The third-order valence-corrected chi connectivity index (χ3v) is 3.19. The van der Waals surface area contributed by atoms with Gasteiger partial charge in [-0.2, -0.15) is 0 Å². The Hall–Kier alpha value is -0.620. The van der Waals surface area contributed by atoms with Crippen molar-refractivity contribution in [3.8, 4) is 0 Å². The molecule has 1 saturated heterocycles. The Kier molecular flexibility index (Phi) is 2.69. The highest BCUT2D eigenvalue weighted by Gasteiger charge is 2.27. The van der Waals surface area contributed by atoms with Crippen molar-refractivity contribution in [3.05, 3.63) is 0 Å². The lowest BCUT2D eigenvalue weighted by Gasteiger charge is -2.12. The van der Waals surface area contributed by atoms with Gasteiger partial charge >= 0.3 is 0 Å². The van der Waals surface area contributed by atoms with E-state index in [0.29, 0.717) is 25.9 Å². The number of sulfonamides is 1. The minimum absolute atomic E-state index is 0.0165. The molecule has 1 atom stereocenters. The van der Waals surface area contributed by atoms with Gasteiger partial charge in [0.05, 0.1) is 6.26 Å². The number of carbonyl (C=O) groups excluding carboxylic acids is 1. The van der Waals surface area contributed by atoms with Crippen molar-refractivity contribution in [1.82, 2.24) is 9.62 Å². The average Bonchev–Trinajstić information content (AvgIpc) is 2.35. The van der Waals surface area contributed by atoms with Gasteiger partial charge in [0, 0.05) is 19.1 Å². The molecule has 1 N–H and O–H groups in total. The molecular formula is C6H12N2O3S. The summed E-state index contributed by atoms with van der Waals surface area (Å²) in [4.78, 5) is 10.0. The summed E-state index contributed by atoms with van der Waals surface area (Å²) in [5, 5.41) is 2.56. The van der Waals surface area contributed by atoms with E-state index in [9.17, 15) is 13.2 Å². The molecule has 0 saturated carbocycles. The zero-order valence-electron chi connectivity index (χ0n) is 6.86. The molecule has 1 aliphatic rings. The Labute approximate surface area is 71.8 Å². The molecule has 0 aromatic carbocycles. The minimum atomic E-state index is -3.08. The molecule has 1 rings (SSSR count). The van der Waals surface area contributed by atoms with Gasteiger partial charge in [0.15, 0.2) is 0 Å². The fourth-order valence-corrected chi connectivity index (χ4v) is 2.15. The lowest BCUT2D eigenvalue weighted by atomic mass is 10.3. The first-order valence-electron chi connectivity index (χ1n) is 3.69. The lowest BCUT2D eigenvalue weighted by molar-refractivity contribution is -0.110. The molecule has 12 heavy (non-hydrogen) atoms. The first kappa shape index (κ1) is 9.47. The highest BCUT2D eigenvalue weighted by atomic mass is 32.2. The fraction of sp³-hybridized carbons (Fsp3) is 0.833. The van der Waals surface area contributed by atoms with Gasteiger partial charge < -0.3 is 5.32 Å². The summed E-state index contributed by atoms with van der Waals surface area (Å²) >= 11 is 0. The summed E-state index contributed by atoms with van der Waals surface area (Å²) in [6.07, 6.45) is 2.48. The number of rotatable bonds is 3. The fourth-order valence-electron chi connectivity index (χ4n) is 1.26. The molecular weight excluding hydrogens is 180 g/mol. The van der Waals surface area contributed by atoms with Gasteiger partial charge in [-0.05, 0) is 6.42 Å². The molecule has 0 spiro atoms. The van der Waals surface area contributed by atoms with Crippen LogP contribution in [0.5, 0.6) is 0 Å². The maximum atomic E-state index is 11.0. The molecule has 1 fully saturated rings. The van der Waals surface area contributed by atoms with Gasteiger partial charge in [-0.3, -0.25) is 4.79 Å². The van der Waals surface area contributed by atoms with E-state index in [1.165, 1.54) is 10.6 Å². The van der Waals surface area contributed by atoms with E-state index >= 15 is 0 Å². The van der Waals surface area contributed by atoms with E-state index in [0.717, 1.165) is 0 Å². The number of nitrogens with one attached hydrogen (secondary N) is 1. The zero-order chi connectivity index (χ0) is 9.19. The van der Waals surface area contributed by atoms with Crippen LogP contribution < -0.4 is 5.32 Å². The van der Waals surface area contributed by atoms with Crippen LogP contribution in [-0.2, 0) is 14.8 Å². The summed E-state index contributed by atoms with van der Waals surface area (Å²) in [6.45, 7) is 0.905. The molecule has 0 aromatic rings. The van der Waals surface area contributed by atoms with Crippen LogP contribution in [0.3, 0.4) is 0 Å². The maximum absolute atomic E-state index is 11.0. The van der Waals surface area contributed by atoms with E-state index in [1.54, 1.807) is 0 Å². The zero-order valence-corrected chi connectivity index (χ0v) is 7.67. The van der Waals surface area contributed by atoms with Gasteiger partial charge in [-0.25, -0.2) is 12.7 Å². The summed E-state index contributed by atoms with van der Waals surface area (Å²) < 4.78 is 23.4. The van der Waals surface area contributed by atoms with Crippen LogP contribution >= 0.6 is 0 Å². The largest absolute Gasteiger partial charge is 0.355 e. The smallest absolute Gasteiger partial charge is 0.211 e. The monoisotopic (exact) mass is 192 g/mol. The molecule has 70 valence electrons. The first-order valence-corrected chi connectivity index (χ1v) is 5.53. The molecule has 1 heterocycles. The van der Waals surface area contributed by atoms with Crippen LogP contribution in [0.25, 0.3) is 0 Å².